The van der Waals surface area contributed by atoms with E-state index in [9.17, 15) is 4.79 Å². The van der Waals surface area contributed by atoms with Crippen LogP contribution in [0.4, 0.5) is 0 Å². The van der Waals surface area contributed by atoms with Crippen molar-refractivity contribution in [1.29, 1.82) is 0 Å². The van der Waals surface area contributed by atoms with Gasteiger partial charge in [-0.3, -0.25) is 4.79 Å². The molecule has 2 atom stereocenters. The Labute approximate surface area is 61.1 Å². The predicted molar refractivity (Wildman–Crippen MR) is 39.6 cm³/mol. The summed E-state index contributed by atoms with van der Waals surface area (Å²) >= 11 is 0. The maximum Gasteiger partial charge on any atom is 0.155 e. The molecule has 1 saturated carbocycles. The number of hydrogen-bond donors (Lipinski definition) is 0. The van der Waals surface area contributed by atoms with Crippen LogP contribution in [-0.4, -0.2) is 5.78 Å². The zero-order valence-electron chi connectivity index (χ0n) is 6.05. The third-order valence-corrected chi connectivity index (χ3v) is 2.57. The number of ketones is 1. The largest absolute Gasteiger partial charge is 0.295 e. The lowest BCUT2D eigenvalue weighted by Gasteiger charge is -1.99. The van der Waals surface area contributed by atoms with Crippen LogP contribution < -0.4 is 0 Å². The second-order valence-corrected chi connectivity index (χ2v) is 3.40. The number of carbonyl (C=O) groups is 1. The zero-order chi connectivity index (χ0) is 6.97. The Bertz CT molecular complexity index is 181. The molecule has 10 heavy (non-hydrogen) atoms. The molecule has 0 amide bonds. The van der Waals surface area contributed by atoms with Gasteiger partial charge in [-0.2, -0.15) is 0 Å². The quantitative estimate of drug-likeness (QED) is 0.497. The second kappa shape index (κ2) is 2.22. The fourth-order valence-corrected chi connectivity index (χ4v) is 1.74. The van der Waals surface area contributed by atoms with Gasteiger partial charge in [0.05, 0.1) is 0 Å². The predicted octanol–water partition coefficient (Wildman–Crippen LogP) is 1.93. The Hall–Kier alpha value is -0.590. The molecule has 1 heteroatoms. The average molecular weight is 136 g/mol. The summed E-state index contributed by atoms with van der Waals surface area (Å²) in [4.78, 5) is 10.9. The van der Waals surface area contributed by atoms with Crippen molar-refractivity contribution in [1.82, 2.24) is 0 Å². The van der Waals surface area contributed by atoms with Crippen molar-refractivity contribution in [2.75, 3.05) is 0 Å². The summed E-state index contributed by atoms with van der Waals surface area (Å²) in [5.74, 6) is 2.16. The van der Waals surface area contributed by atoms with Crippen LogP contribution >= 0.6 is 0 Å². The topological polar surface area (TPSA) is 17.1 Å². The van der Waals surface area contributed by atoms with Crippen LogP contribution in [0.2, 0.25) is 0 Å². The number of hydrogen-bond acceptors (Lipinski definition) is 1. The minimum atomic E-state index is 0.324. The highest BCUT2D eigenvalue weighted by Gasteiger charge is 2.36. The first-order valence-electron chi connectivity index (χ1n) is 4.05. The summed E-state index contributed by atoms with van der Waals surface area (Å²) in [6.07, 6.45) is 8.26. The molecular weight excluding hydrogens is 124 g/mol. The van der Waals surface area contributed by atoms with Gasteiger partial charge in [0.15, 0.2) is 5.78 Å². The second-order valence-electron chi connectivity index (χ2n) is 3.40. The molecule has 2 aliphatic rings. The Morgan fingerprint density at radius 2 is 2.30 bits per heavy atom. The molecular formula is C9H12O. The van der Waals surface area contributed by atoms with Crippen molar-refractivity contribution < 1.29 is 4.79 Å². The molecule has 0 radical (unpaired) electrons. The van der Waals surface area contributed by atoms with E-state index in [-0.39, 0.29) is 0 Å². The molecule has 2 rings (SSSR count). The summed E-state index contributed by atoms with van der Waals surface area (Å²) in [5.41, 5.74) is 0. The molecule has 54 valence electrons. The molecule has 1 fully saturated rings. The highest BCUT2D eigenvalue weighted by molar-refractivity contribution is 5.89. The summed E-state index contributed by atoms with van der Waals surface area (Å²) in [6, 6.07) is 0. The SMILES string of the molecule is O=C1C=CC[C@H]2C[C@@H]2CC1. The highest BCUT2D eigenvalue weighted by Crippen LogP contribution is 2.45. The van der Waals surface area contributed by atoms with Crippen LogP contribution in [-0.2, 0) is 4.79 Å². The molecule has 0 aromatic carbocycles. The highest BCUT2D eigenvalue weighted by atomic mass is 16.1. The van der Waals surface area contributed by atoms with E-state index in [0.717, 1.165) is 31.1 Å². The van der Waals surface area contributed by atoms with Gasteiger partial charge in [0, 0.05) is 6.42 Å². The number of rotatable bonds is 0. The molecule has 0 N–H and O–H groups in total. The third-order valence-electron chi connectivity index (χ3n) is 2.57. The fourth-order valence-electron chi connectivity index (χ4n) is 1.74. The first-order chi connectivity index (χ1) is 4.86. The van der Waals surface area contributed by atoms with Crippen LogP contribution in [0, 0.1) is 11.8 Å². The van der Waals surface area contributed by atoms with Gasteiger partial charge in [-0.1, -0.05) is 6.08 Å². The Morgan fingerprint density at radius 1 is 1.40 bits per heavy atom. The van der Waals surface area contributed by atoms with Gasteiger partial charge >= 0.3 is 0 Å². The zero-order valence-corrected chi connectivity index (χ0v) is 6.05. The van der Waals surface area contributed by atoms with E-state index in [4.69, 9.17) is 0 Å². The molecule has 0 unspecified atom stereocenters. The van der Waals surface area contributed by atoms with Crippen molar-refractivity contribution in [2.45, 2.75) is 25.7 Å². The Balaban J connectivity index is 2.02. The van der Waals surface area contributed by atoms with E-state index >= 15 is 0 Å². The van der Waals surface area contributed by atoms with E-state index in [1.807, 2.05) is 6.08 Å². The Morgan fingerprint density at radius 3 is 3.20 bits per heavy atom. The summed E-state index contributed by atoms with van der Waals surface area (Å²) in [7, 11) is 0. The normalized spacial score (nSPS) is 38.2. The average Bonchev–Trinajstić information content (AvgIpc) is 2.59. The standard InChI is InChI=1S/C9H12O/c10-9-3-1-2-7-6-8(7)4-5-9/h1,3,7-8H,2,4-6H2/t7-,8-/m0/s1. The molecule has 0 aromatic heterocycles. The third kappa shape index (κ3) is 1.13. The van der Waals surface area contributed by atoms with Crippen molar-refractivity contribution in [3.63, 3.8) is 0 Å². The maximum absolute atomic E-state index is 10.9. The molecule has 2 aliphatic carbocycles. The maximum atomic E-state index is 10.9. The smallest absolute Gasteiger partial charge is 0.155 e. The van der Waals surface area contributed by atoms with Gasteiger partial charge in [-0.15, -0.1) is 0 Å². The molecule has 1 nitrogen and oxygen atoms in total. The van der Waals surface area contributed by atoms with Gasteiger partial charge in [-0.25, -0.2) is 0 Å². The van der Waals surface area contributed by atoms with Crippen molar-refractivity contribution >= 4 is 5.78 Å². The van der Waals surface area contributed by atoms with Crippen LogP contribution in [0.15, 0.2) is 12.2 Å². The molecule has 0 aliphatic heterocycles. The lowest BCUT2D eigenvalue weighted by Crippen LogP contribution is -1.96. The van der Waals surface area contributed by atoms with Crippen LogP contribution in [0.5, 0.6) is 0 Å². The Kier molecular flexibility index (Phi) is 1.37. The van der Waals surface area contributed by atoms with Crippen LogP contribution in [0.25, 0.3) is 0 Å². The fraction of sp³-hybridized carbons (Fsp3) is 0.667. The van der Waals surface area contributed by atoms with Gasteiger partial charge < -0.3 is 0 Å². The van der Waals surface area contributed by atoms with Gasteiger partial charge in [0.1, 0.15) is 0 Å². The van der Waals surface area contributed by atoms with E-state index in [1.165, 1.54) is 6.42 Å². The summed E-state index contributed by atoms with van der Waals surface area (Å²) in [6.45, 7) is 0. The molecule has 0 aromatic rings. The number of fused-ring (bicyclic) bond motifs is 1. The van der Waals surface area contributed by atoms with Crippen molar-refractivity contribution in [2.24, 2.45) is 11.8 Å². The van der Waals surface area contributed by atoms with Gasteiger partial charge in [0.25, 0.3) is 0 Å². The van der Waals surface area contributed by atoms with E-state index in [0.29, 0.717) is 5.78 Å². The number of allylic oxidation sites excluding steroid dienone is 2. The van der Waals surface area contributed by atoms with E-state index in [2.05, 4.69) is 0 Å². The van der Waals surface area contributed by atoms with Gasteiger partial charge in [-0.05, 0) is 37.2 Å². The minimum absolute atomic E-state index is 0.324. The molecule has 0 bridgehead atoms. The lowest BCUT2D eigenvalue weighted by molar-refractivity contribution is -0.114. The first-order valence-corrected chi connectivity index (χ1v) is 4.05. The number of carbonyl (C=O) groups excluding carboxylic acids is 1. The monoisotopic (exact) mass is 136 g/mol. The van der Waals surface area contributed by atoms with Gasteiger partial charge in [0.2, 0.25) is 0 Å². The van der Waals surface area contributed by atoms with Crippen molar-refractivity contribution in [3.8, 4) is 0 Å². The summed E-state index contributed by atoms with van der Waals surface area (Å²) < 4.78 is 0. The summed E-state index contributed by atoms with van der Waals surface area (Å²) in [5, 5.41) is 0. The van der Waals surface area contributed by atoms with Crippen LogP contribution in [0.3, 0.4) is 0 Å². The first kappa shape index (κ1) is 6.14. The van der Waals surface area contributed by atoms with E-state index < -0.39 is 0 Å². The molecule has 0 saturated heterocycles. The minimum Gasteiger partial charge on any atom is -0.295 e. The van der Waals surface area contributed by atoms with Crippen molar-refractivity contribution in [3.05, 3.63) is 12.2 Å². The molecule has 0 spiro atoms. The molecule has 0 heterocycles. The van der Waals surface area contributed by atoms with Crippen LogP contribution in [0.1, 0.15) is 25.7 Å². The van der Waals surface area contributed by atoms with E-state index in [1.54, 1.807) is 6.08 Å². The lowest BCUT2D eigenvalue weighted by atomic mass is 10.1.